The van der Waals surface area contributed by atoms with E-state index in [0.29, 0.717) is 23.8 Å². The standard InChI is InChI=1S/C27H32N4O3/c1-2-25(32)31-17-14-20(15-18-31)7-6-16-30-19-24(27(29)33)26(28)21-10-12-23(13-11-21)34-22-8-4-3-5-9-22/h2-5,8-13,19-20H,1,6-7,14-18,28H2,(H2,29,33). The van der Waals surface area contributed by atoms with Crippen molar-refractivity contribution in [3.8, 4) is 11.5 Å². The summed E-state index contributed by atoms with van der Waals surface area (Å²) in [6.45, 7) is 5.68. The zero-order chi connectivity index (χ0) is 24.3. The molecule has 0 bridgehead atoms. The smallest absolute Gasteiger partial charge is 0.252 e. The van der Waals surface area contributed by atoms with Crippen molar-refractivity contribution >= 4 is 23.7 Å². The van der Waals surface area contributed by atoms with Crippen LogP contribution in [0.4, 0.5) is 0 Å². The van der Waals surface area contributed by atoms with Gasteiger partial charge < -0.3 is 21.1 Å². The van der Waals surface area contributed by atoms with Crippen molar-refractivity contribution in [1.29, 1.82) is 0 Å². The Morgan fingerprint density at radius 2 is 1.68 bits per heavy atom. The normalized spacial score (nSPS) is 15.1. The Kier molecular flexibility index (Phi) is 9.03. The lowest BCUT2D eigenvalue weighted by Crippen LogP contribution is -2.37. The van der Waals surface area contributed by atoms with E-state index in [1.54, 1.807) is 24.3 Å². The number of para-hydroxylation sites is 1. The van der Waals surface area contributed by atoms with Gasteiger partial charge in [0.15, 0.2) is 0 Å². The first-order valence-corrected chi connectivity index (χ1v) is 11.5. The van der Waals surface area contributed by atoms with Gasteiger partial charge in [-0.25, -0.2) is 0 Å². The molecule has 1 aliphatic heterocycles. The number of hydrogen-bond acceptors (Lipinski definition) is 5. The molecule has 0 atom stereocenters. The van der Waals surface area contributed by atoms with Crippen LogP contribution in [0.15, 0.2) is 77.8 Å². The molecule has 7 heteroatoms. The average Bonchev–Trinajstić information content (AvgIpc) is 2.86. The highest BCUT2D eigenvalue weighted by atomic mass is 16.5. The summed E-state index contributed by atoms with van der Waals surface area (Å²) < 4.78 is 5.79. The third-order valence-corrected chi connectivity index (χ3v) is 5.92. The summed E-state index contributed by atoms with van der Waals surface area (Å²) in [6, 6.07) is 16.6. The van der Waals surface area contributed by atoms with Gasteiger partial charge in [-0.15, -0.1) is 0 Å². The van der Waals surface area contributed by atoms with E-state index in [1.807, 2.05) is 35.2 Å². The number of nitrogens with two attached hydrogens (primary N) is 2. The first kappa shape index (κ1) is 24.8. The number of carbonyl (C=O) groups is 2. The Balaban J connectivity index is 1.52. The van der Waals surface area contributed by atoms with Crippen LogP contribution in [-0.4, -0.2) is 42.6 Å². The maximum absolute atomic E-state index is 12.0. The van der Waals surface area contributed by atoms with E-state index in [-0.39, 0.29) is 17.2 Å². The molecular formula is C27H32N4O3. The monoisotopic (exact) mass is 460 g/mol. The van der Waals surface area contributed by atoms with Crippen molar-refractivity contribution < 1.29 is 14.3 Å². The summed E-state index contributed by atoms with van der Waals surface area (Å²) in [5.41, 5.74) is 12.9. The number of benzene rings is 2. The van der Waals surface area contributed by atoms with Crippen molar-refractivity contribution in [3.05, 3.63) is 78.4 Å². The van der Waals surface area contributed by atoms with Crippen molar-refractivity contribution in [2.45, 2.75) is 25.7 Å². The first-order chi connectivity index (χ1) is 16.5. The highest BCUT2D eigenvalue weighted by Crippen LogP contribution is 2.24. The molecule has 0 saturated carbocycles. The van der Waals surface area contributed by atoms with Crippen LogP contribution in [0, 0.1) is 5.92 Å². The molecule has 2 aromatic carbocycles. The summed E-state index contributed by atoms with van der Waals surface area (Å²) in [4.78, 5) is 29.9. The number of amides is 2. The number of nitrogens with zero attached hydrogens (tertiary/aromatic N) is 2. The summed E-state index contributed by atoms with van der Waals surface area (Å²) in [5.74, 6) is 1.36. The second-order valence-electron chi connectivity index (χ2n) is 8.28. The summed E-state index contributed by atoms with van der Waals surface area (Å²) in [5, 5.41) is 0. The number of ether oxygens (including phenoxy) is 1. The molecule has 7 nitrogen and oxygen atoms in total. The molecule has 2 amide bonds. The predicted octanol–water partition coefficient (Wildman–Crippen LogP) is 3.91. The molecule has 0 radical (unpaired) electrons. The van der Waals surface area contributed by atoms with Crippen molar-refractivity contribution in [3.63, 3.8) is 0 Å². The minimum absolute atomic E-state index is 0.00441. The van der Waals surface area contributed by atoms with Gasteiger partial charge in [-0.3, -0.25) is 14.6 Å². The van der Waals surface area contributed by atoms with Crippen molar-refractivity contribution in [2.75, 3.05) is 19.6 Å². The molecule has 2 aromatic rings. The van der Waals surface area contributed by atoms with E-state index in [2.05, 4.69) is 11.6 Å². The summed E-state index contributed by atoms with van der Waals surface area (Å²) >= 11 is 0. The Morgan fingerprint density at radius 3 is 2.29 bits per heavy atom. The molecule has 4 N–H and O–H groups in total. The molecule has 0 aromatic heterocycles. The van der Waals surface area contributed by atoms with Gasteiger partial charge in [0.25, 0.3) is 5.91 Å². The van der Waals surface area contributed by atoms with Gasteiger partial charge in [-0.1, -0.05) is 24.8 Å². The third kappa shape index (κ3) is 7.07. The van der Waals surface area contributed by atoms with Crippen LogP contribution in [0.25, 0.3) is 5.70 Å². The largest absolute Gasteiger partial charge is 0.457 e. The molecule has 34 heavy (non-hydrogen) atoms. The molecule has 1 fully saturated rings. The van der Waals surface area contributed by atoms with Crippen LogP contribution >= 0.6 is 0 Å². The van der Waals surface area contributed by atoms with E-state index in [9.17, 15) is 9.59 Å². The van der Waals surface area contributed by atoms with Gasteiger partial charge in [-0.05, 0) is 79.6 Å². The van der Waals surface area contributed by atoms with Gasteiger partial charge >= 0.3 is 0 Å². The molecule has 1 heterocycles. The van der Waals surface area contributed by atoms with E-state index in [1.165, 1.54) is 12.3 Å². The molecule has 1 aliphatic rings. The fourth-order valence-corrected chi connectivity index (χ4v) is 3.95. The van der Waals surface area contributed by atoms with Gasteiger partial charge in [0.2, 0.25) is 5.91 Å². The molecular weight excluding hydrogens is 428 g/mol. The zero-order valence-electron chi connectivity index (χ0n) is 19.4. The Morgan fingerprint density at radius 1 is 1.03 bits per heavy atom. The zero-order valence-corrected chi connectivity index (χ0v) is 19.4. The fraction of sp³-hybridized carbons (Fsp3) is 0.296. The van der Waals surface area contributed by atoms with Crippen LogP contribution in [0.2, 0.25) is 0 Å². The fourth-order valence-electron chi connectivity index (χ4n) is 3.95. The van der Waals surface area contributed by atoms with Gasteiger partial charge in [0, 0.05) is 25.8 Å². The number of rotatable bonds is 10. The number of piperidine rings is 1. The second kappa shape index (κ2) is 12.4. The second-order valence-corrected chi connectivity index (χ2v) is 8.28. The van der Waals surface area contributed by atoms with E-state index >= 15 is 0 Å². The minimum Gasteiger partial charge on any atom is -0.457 e. The number of hydrogen-bond donors (Lipinski definition) is 2. The van der Waals surface area contributed by atoms with Crippen LogP contribution < -0.4 is 16.2 Å². The molecule has 0 spiro atoms. The summed E-state index contributed by atoms with van der Waals surface area (Å²) in [7, 11) is 0. The Bertz CT molecular complexity index is 1040. The van der Waals surface area contributed by atoms with Crippen molar-refractivity contribution in [1.82, 2.24) is 4.90 Å². The van der Waals surface area contributed by atoms with Crippen LogP contribution in [0.1, 0.15) is 31.2 Å². The minimum atomic E-state index is -0.620. The maximum atomic E-state index is 12.0. The highest BCUT2D eigenvalue weighted by Gasteiger charge is 2.20. The van der Waals surface area contributed by atoms with Crippen LogP contribution in [-0.2, 0) is 9.59 Å². The Labute approximate surface area is 200 Å². The Hall–Kier alpha value is -3.87. The number of aliphatic imine (C=N–C) groups is 1. The van der Waals surface area contributed by atoms with Gasteiger partial charge in [0.05, 0.1) is 11.3 Å². The lowest BCUT2D eigenvalue weighted by molar-refractivity contribution is -0.127. The number of likely N-dealkylation sites (tertiary alicyclic amines) is 1. The average molecular weight is 461 g/mol. The van der Waals surface area contributed by atoms with Crippen molar-refractivity contribution in [2.24, 2.45) is 22.4 Å². The number of carbonyl (C=O) groups excluding carboxylic acids is 2. The SMILES string of the molecule is C=CC(=O)N1CCC(CCCN=CC(C(N)=O)=C(N)c2ccc(Oc3ccccc3)cc2)CC1. The lowest BCUT2D eigenvalue weighted by Gasteiger charge is -2.31. The molecule has 178 valence electrons. The number of primary amides is 1. The highest BCUT2D eigenvalue weighted by molar-refractivity contribution is 6.17. The molecule has 1 saturated heterocycles. The van der Waals surface area contributed by atoms with E-state index in [0.717, 1.165) is 44.5 Å². The molecule has 0 unspecified atom stereocenters. The summed E-state index contributed by atoms with van der Waals surface area (Å²) in [6.07, 6.45) is 6.75. The lowest BCUT2D eigenvalue weighted by atomic mass is 9.92. The first-order valence-electron chi connectivity index (χ1n) is 11.5. The quantitative estimate of drug-likeness (QED) is 0.318. The topological polar surface area (TPSA) is 111 Å². The predicted molar refractivity (Wildman–Crippen MR) is 135 cm³/mol. The van der Waals surface area contributed by atoms with Gasteiger partial charge in [0.1, 0.15) is 11.5 Å². The third-order valence-electron chi connectivity index (χ3n) is 5.92. The maximum Gasteiger partial charge on any atom is 0.252 e. The van der Waals surface area contributed by atoms with Crippen LogP contribution in [0.5, 0.6) is 11.5 Å². The van der Waals surface area contributed by atoms with E-state index < -0.39 is 5.91 Å². The van der Waals surface area contributed by atoms with Crippen LogP contribution in [0.3, 0.4) is 0 Å². The molecule has 3 rings (SSSR count). The molecule has 0 aliphatic carbocycles. The van der Waals surface area contributed by atoms with Gasteiger partial charge in [-0.2, -0.15) is 0 Å². The van der Waals surface area contributed by atoms with E-state index in [4.69, 9.17) is 16.2 Å².